The number of hydrogen-bond acceptors (Lipinski definition) is 0. The van der Waals surface area contributed by atoms with Gasteiger partial charge in [0.25, 0.3) is 0 Å². The predicted octanol–water partition coefficient (Wildman–Crippen LogP) is 9.73. The number of benzene rings is 5. The Bertz CT molecular complexity index is 2290. The van der Waals surface area contributed by atoms with Crippen LogP contribution in [0.2, 0.25) is 0 Å². The molecule has 3 heterocycles. The molecular weight excluding hydrogens is 474 g/mol. The average molecular weight is 500 g/mol. The molecule has 0 amide bonds. The van der Waals surface area contributed by atoms with Gasteiger partial charge in [-0.2, -0.15) is 0 Å². The van der Waals surface area contributed by atoms with Gasteiger partial charge in [0.2, 0.25) is 0 Å². The molecule has 184 valence electrons. The largest absolute Gasteiger partial charge is 0.355 e. The van der Waals surface area contributed by atoms with Gasteiger partial charge in [-0.3, -0.25) is 0 Å². The first-order valence-corrected chi connectivity index (χ1v) is 13.7. The van der Waals surface area contributed by atoms with Crippen molar-refractivity contribution in [2.75, 3.05) is 0 Å². The fourth-order valence-electron chi connectivity index (χ4n) is 6.57. The molecule has 0 radical (unpaired) electrons. The number of nitrogens with one attached hydrogen (secondary N) is 3. The molecule has 3 N–H and O–H groups in total. The van der Waals surface area contributed by atoms with Crippen LogP contribution in [0.3, 0.4) is 0 Å². The van der Waals surface area contributed by atoms with Gasteiger partial charge in [0.15, 0.2) is 0 Å². The van der Waals surface area contributed by atoms with Gasteiger partial charge < -0.3 is 15.0 Å². The van der Waals surface area contributed by atoms with E-state index in [1.807, 2.05) is 0 Å². The molecule has 1 aliphatic carbocycles. The second-order valence-corrected chi connectivity index (χ2v) is 10.8. The summed E-state index contributed by atoms with van der Waals surface area (Å²) < 4.78 is 0. The molecule has 1 aliphatic rings. The van der Waals surface area contributed by atoms with E-state index in [2.05, 4.69) is 124 Å². The summed E-state index contributed by atoms with van der Waals surface area (Å²) in [5, 5.41) is 6.40. The maximum Gasteiger partial charge on any atom is 0.0465 e. The van der Waals surface area contributed by atoms with Gasteiger partial charge in [-0.05, 0) is 101 Å². The Morgan fingerprint density at radius 1 is 0.436 bits per heavy atom. The molecule has 0 aliphatic heterocycles. The average Bonchev–Trinajstić information content (AvgIpc) is 3.66. The first-order valence-electron chi connectivity index (χ1n) is 13.7. The number of para-hydroxylation sites is 1. The van der Waals surface area contributed by atoms with Gasteiger partial charge >= 0.3 is 0 Å². The van der Waals surface area contributed by atoms with Crippen molar-refractivity contribution in [2.45, 2.75) is 12.8 Å². The lowest BCUT2D eigenvalue weighted by Crippen LogP contribution is -1.90. The van der Waals surface area contributed by atoms with Gasteiger partial charge in [-0.25, -0.2) is 0 Å². The fraction of sp³-hybridized carbons (Fsp3) is 0.0556. The molecule has 5 aromatic carbocycles. The van der Waals surface area contributed by atoms with E-state index in [4.69, 9.17) is 0 Å². The minimum Gasteiger partial charge on any atom is -0.355 e. The minimum atomic E-state index is 1.10. The molecule has 0 bridgehead atoms. The minimum absolute atomic E-state index is 1.10. The molecule has 3 nitrogen and oxygen atoms in total. The number of aromatic amines is 3. The molecule has 3 aromatic heterocycles. The number of H-pyrrole nitrogens is 3. The zero-order valence-electron chi connectivity index (χ0n) is 21.3. The second-order valence-electron chi connectivity index (χ2n) is 10.8. The normalized spacial score (nSPS) is 13.3. The predicted molar refractivity (Wildman–Crippen MR) is 165 cm³/mol. The number of hydrogen-bond donors (Lipinski definition) is 3. The van der Waals surface area contributed by atoms with Crippen molar-refractivity contribution in [3.63, 3.8) is 0 Å². The molecule has 0 fully saturated rings. The van der Waals surface area contributed by atoms with Crippen LogP contribution in [0.25, 0.3) is 82.8 Å². The Balaban J connectivity index is 1.19. The highest BCUT2D eigenvalue weighted by Crippen LogP contribution is 2.36. The third-order valence-electron chi connectivity index (χ3n) is 8.56. The van der Waals surface area contributed by atoms with Gasteiger partial charge in [0, 0.05) is 60.2 Å². The molecule has 0 atom stereocenters. The fourth-order valence-corrected chi connectivity index (χ4v) is 6.57. The van der Waals surface area contributed by atoms with E-state index in [0.29, 0.717) is 0 Å². The van der Waals surface area contributed by atoms with Crippen molar-refractivity contribution in [1.29, 1.82) is 0 Å². The van der Waals surface area contributed by atoms with Crippen LogP contribution < -0.4 is 0 Å². The Kier molecular flexibility index (Phi) is 4.17. The summed E-state index contributed by atoms with van der Waals surface area (Å²) >= 11 is 0. The molecule has 9 rings (SSSR count). The van der Waals surface area contributed by atoms with Crippen LogP contribution in [-0.2, 0) is 6.42 Å². The Morgan fingerprint density at radius 2 is 0.923 bits per heavy atom. The van der Waals surface area contributed by atoms with Crippen molar-refractivity contribution in [1.82, 2.24) is 15.0 Å². The molecule has 39 heavy (non-hydrogen) atoms. The summed E-state index contributed by atoms with van der Waals surface area (Å²) in [6, 6.07) is 35.7. The third-order valence-corrected chi connectivity index (χ3v) is 8.56. The number of fused-ring (bicyclic) bond motifs is 9. The smallest absolute Gasteiger partial charge is 0.0465 e. The van der Waals surface area contributed by atoms with E-state index in [1.165, 1.54) is 88.0 Å². The zero-order chi connectivity index (χ0) is 25.5. The topological polar surface area (TPSA) is 47.4 Å². The number of rotatable bonds is 2. The monoisotopic (exact) mass is 499 g/mol. The SMILES string of the molecule is C1=Cc2[nH]c3ccc(-c4ccc5[nH]c6ccc(-c7ccc8[nH]c9ccccc9c8c7)cc6c5c4)cc3c2CC1. The van der Waals surface area contributed by atoms with E-state index in [0.717, 1.165) is 12.8 Å². The van der Waals surface area contributed by atoms with Crippen LogP contribution in [0.4, 0.5) is 0 Å². The van der Waals surface area contributed by atoms with Crippen LogP contribution in [0.15, 0.2) is 103 Å². The number of aryl methyl sites for hydroxylation is 1. The molecule has 0 saturated carbocycles. The quantitative estimate of drug-likeness (QED) is 0.212. The van der Waals surface area contributed by atoms with Gasteiger partial charge in [-0.15, -0.1) is 0 Å². The van der Waals surface area contributed by atoms with Crippen LogP contribution in [0.5, 0.6) is 0 Å². The lowest BCUT2D eigenvalue weighted by atomic mass is 9.96. The highest BCUT2D eigenvalue weighted by molar-refractivity contribution is 6.11. The first kappa shape index (κ1) is 21.0. The third kappa shape index (κ3) is 3.10. The standard InChI is InChI=1S/C36H25N3/c1-3-7-31-25(5-1)27-17-21(9-13-33(27)37-31)23-11-15-35-29(19-23)30-20-24(12-16-36(30)39-35)22-10-14-34-28(18-22)26-6-2-4-8-32(26)38-34/h1,3-5,7-20,37-39H,2,6H2. The highest BCUT2D eigenvalue weighted by Gasteiger charge is 2.14. The Labute approximate surface area is 224 Å². The van der Waals surface area contributed by atoms with Crippen molar-refractivity contribution in [3.8, 4) is 22.3 Å². The first-order chi connectivity index (χ1) is 19.3. The van der Waals surface area contributed by atoms with Crippen LogP contribution in [0, 0.1) is 0 Å². The summed E-state index contributed by atoms with van der Waals surface area (Å²) in [6.07, 6.45) is 6.70. The van der Waals surface area contributed by atoms with Crippen LogP contribution in [-0.4, -0.2) is 15.0 Å². The molecule has 3 heteroatoms. The van der Waals surface area contributed by atoms with Crippen LogP contribution >= 0.6 is 0 Å². The summed E-state index contributed by atoms with van der Waals surface area (Å²) in [6.45, 7) is 0. The van der Waals surface area contributed by atoms with E-state index in [9.17, 15) is 0 Å². The summed E-state index contributed by atoms with van der Waals surface area (Å²) in [4.78, 5) is 10.8. The summed E-state index contributed by atoms with van der Waals surface area (Å²) in [5.41, 5.74) is 13.6. The summed E-state index contributed by atoms with van der Waals surface area (Å²) in [7, 11) is 0. The number of aromatic nitrogens is 3. The number of allylic oxidation sites excluding steroid dienone is 1. The molecule has 0 spiro atoms. The van der Waals surface area contributed by atoms with E-state index in [1.54, 1.807) is 0 Å². The Morgan fingerprint density at radius 3 is 1.54 bits per heavy atom. The van der Waals surface area contributed by atoms with E-state index >= 15 is 0 Å². The van der Waals surface area contributed by atoms with Gasteiger partial charge in [0.05, 0.1) is 0 Å². The van der Waals surface area contributed by atoms with Gasteiger partial charge in [-0.1, -0.05) is 48.5 Å². The molecule has 0 saturated heterocycles. The van der Waals surface area contributed by atoms with Crippen molar-refractivity contribution >= 4 is 60.6 Å². The van der Waals surface area contributed by atoms with Crippen molar-refractivity contribution < 1.29 is 0 Å². The van der Waals surface area contributed by atoms with Gasteiger partial charge in [0.1, 0.15) is 0 Å². The zero-order valence-corrected chi connectivity index (χ0v) is 21.3. The molecule has 8 aromatic rings. The second kappa shape index (κ2) is 7.75. The van der Waals surface area contributed by atoms with Crippen molar-refractivity contribution in [2.24, 2.45) is 0 Å². The lowest BCUT2D eigenvalue weighted by molar-refractivity contribution is 0.992. The lowest BCUT2D eigenvalue weighted by Gasteiger charge is -2.07. The van der Waals surface area contributed by atoms with Crippen molar-refractivity contribution in [3.05, 3.63) is 114 Å². The maximum atomic E-state index is 3.63. The highest BCUT2D eigenvalue weighted by atomic mass is 14.7. The van der Waals surface area contributed by atoms with E-state index < -0.39 is 0 Å². The molecular formula is C36H25N3. The summed E-state index contributed by atoms with van der Waals surface area (Å²) in [5.74, 6) is 0. The maximum absolute atomic E-state index is 3.63. The van der Waals surface area contributed by atoms with E-state index in [-0.39, 0.29) is 0 Å². The Hall–Kier alpha value is -5.02. The molecule has 0 unspecified atom stereocenters. The van der Waals surface area contributed by atoms with Crippen LogP contribution in [0.1, 0.15) is 17.7 Å².